The van der Waals surface area contributed by atoms with Crippen molar-refractivity contribution in [2.45, 2.75) is 12.5 Å². The molecule has 21 heavy (non-hydrogen) atoms. The van der Waals surface area contributed by atoms with Gasteiger partial charge in [0.1, 0.15) is 0 Å². The molecule has 0 saturated carbocycles. The number of thiophene rings is 1. The Labute approximate surface area is 130 Å². The molecular weight excluding hydrogens is 274 g/mol. The van der Waals surface area contributed by atoms with Crippen molar-refractivity contribution in [1.29, 1.82) is 0 Å². The Morgan fingerprint density at radius 1 is 0.810 bits per heavy atom. The van der Waals surface area contributed by atoms with Crippen LogP contribution in [0.2, 0.25) is 0 Å². The maximum absolute atomic E-state index is 3.59. The summed E-state index contributed by atoms with van der Waals surface area (Å²) < 4.78 is 0. The Hall–Kier alpha value is -1.90. The smallest absolute Gasteiger partial charge is 0.0214 e. The van der Waals surface area contributed by atoms with Crippen molar-refractivity contribution in [1.82, 2.24) is 5.32 Å². The molecule has 1 N–H and O–H groups in total. The predicted molar refractivity (Wildman–Crippen MR) is 90.8 cm³/mol. The fourth-order valence-corrected chi connectivity index (χ4v) is 3.22. The SMILES string of the molecule is c1ccc(C(CNCc2ccsc2)c2ccccc2)cc1. The van der Waals surface area contributed by atoms with Gasteiger partial charge in [0, 0.05) is 19.0 Å². The van der Waals surface area contributed by atoms with E-state index in [1.807, 2.05) is 0 Å². The Morgan fingerprint density at radius 3 is 1.95 bits per heavy atom. The number of hydrogen-bond acceptors (Lipinski definition) is 2. The molecule has 1 aromatic heterocycles. The topological polar surface area (TPSA) is 12.0 Å². The highest BCUT2D eigenvalue weighted by Gasteiger charge is 2.13. The minimum atomic E-state index is 0.394. The lowest BCUT2D eigenvalue weighted by molar-refractivity contribution is 0.637. The fourth-order valence-electron chi connectivity index (χ4n) is 2.55. The predicted octanol–water partition coefficient (Wildman–Crippen LogP) is 4.67. The molecule has 2 heteroatoms. The Kier molecular flexibility index (Phi) is 4.82. The van der Waals surface area contributed by atoms with E-state index in [0.29, 0.717) is 5.92 Å². The molecule has 0 aliphatic carbocycles. The van der Waals surface area contributed by atoms with E-state index in [-0.39, 0.29) is 0 Å². The van der Waals surface area contributed by atoms with E-state index in [1.54, 1.807) is 11.3 Å². The normalized spacial score (nSPS) is 10.9. The summed E-state index contributed by atoms with van der Waals surface area (Å²) in [4.78, 5) is 0. The monoisotopic (exact) mass is 293 g/mol. The van der Waals surface area contributed by atoms with Gasteiger partial charge in [0.25, 0.3) is 0 Å². The highest BCUT2D eigenvalue weighted by atomic mass is 32.1. The maximum Gasteiger partial charge on any atom is 0.0214 e. The van der Waals surface area contributed by atoms with Gasteiger partial charge >= 0.3 is 0 Å². The summed E-state index contributed by atoms with van der Waals surface area (Å²) in [5.74, 6) is 0.394. The van der Waals surface area contributed by atoms with Gasteiger partial charge in [-0.1, -0.05) is 60.7 Å². The van der Waals surface area contributed by atoms with Crippen molar-refractivity contribution in [2.75, 3.05) is 6.54 Å². The van der Waals surface area contributed by atoms with Crippen LogP contribution in [0.5, 0.6) is 0 Å². The zero-order chi connectivity index (χ0) is 14.3. The van der Waals surface area contributed by atoms with Gasteiger partial charge in [-0.05, 0) is 33.5 Å². The molecule has 0 aliphatic heterocycles. The third-order valence-electron chi connectivity index (χ3n) is 3.66. The lowest BCUT2D eigenvalue weighted by Crippen LogP contribution is -2.21. The van der Waals surface area contributed by atoms with Crippen LogP contribution in [0.3, 0.4) is 0 Å². The van der Waals surface area contributed by atoms with Crippen LogP contribution in [-0.2, 0) is 6.54 Å². The molecule has 2 aromatic carbocycles. The molecule has 0 bridgehead atoms. The van der Waals surface area contributed by atoms with Gasteiger partial charge in [-0.3, -0.25) is 0 Å². The molecule has 0 saturated heterocycles. The van der Waals surface area contributed by atoms with Crippen molar-refractivity contribution in [3.05, 3.63) is 94.2 Å². The highest BCUT2D eigenvalue weighted by Crippen LogP contribution is 2.23. The van der Waals surface area contributed by atoms with E-state index < -0.39 is 0 Å². The molecule has 1 nitrogen and oxygen atoms in total. The van der Waals surface area contributed by atoms with Crippen molar-refractivity contribution in [3.8, 4) is 0 Å². The molecule has 3 aromatic rings. The molecule has 0 atom stereocenters. The summed E-state index contributed by atoms with van der Waals surface area (Å²) in [5, 5.41) is 7.92. The van der Waals surface area contributed by atoms with Crippen molar-refractivity contribution < 1.29 is 0 Å². The van der Waals surface area contributed by atoms with Crippen LogP contribution in [-0.4, -0.2) is 6.54 Å². The average molecular weight is 293 g/mol. The highest BCUT2D eigenvalue weighted by molar-refractivity contribution is 7.07. The average Bonchev–Trinajstić information content (AvgIpc) is 3.07. The number of hydrogen-bond donors (Lipinski definition) is 1. The van der Waals surface area contributed by atoms with Gasteiger partial charge in [-0.25, -0.2) is 0 Å². The first-order chi connectivity index (χ1) is 10.4. The van der Waals surface area contributed by atoms with Crippen molar-refractivity contribution in [2.24, 2.45) is 0 Å². The van der Waals surface area contributed by atoms with Crippen LogP contribution in [0, 0.1) is 0 Å². The molecule has 106 valence electrons. The summed E-state index contributed by atoms with van der Waals surface area (Å²) in [5.41, 5.74) is 4.09. The second kappa shape index (κ2) is 7.21. The van der Waals surface area contributed by atoms with Crippen LogP contribution in [0.1, 0.15) is 22.6 Å². The second-order valence-corrected chi connectivity index (χ2v) is 5.92. The first-order valence-corrected chi connectivity index (χ1v) is 8.19. The van der Waals surface area contributed by atoms with Crippen molar-refractivity contribution >= 4 is 11.3 Å². The Morgan fingerprint density at radius 2 is 1.43 bits per heavy atom. The third kappa shape index (κ3) is 3.81. The van der Waals surface area contributed by atoms with Gasteiger partial charge in [-0.2, -0.15) is 11.3 Å². The quantitative estimate of drug-likeness (QED) is 0.696. The fraction of sp³-hybridized carbons (Fsp3) is 0.158. The first kappa shape index (κ1) is 14.1. The standard InChI is InChI=1S/C19H19NS/c1-3-7-17(8-4-1)19(18-9-5-2-6-10-18)14-20-13-16-11-12-21-15-16/h1-12,15,19-20H,13-14H2. The minimum Gasteiger partial charge on any atom is -0.312 e. The second-order valence-electron chi connectivity index (χ2n) is 5.14. The van der Waals surface area contributed by atoms with E-state index >= 15 is 0 Å². The van der Waals surface area contributed by atoms with Gasteiger partial charge in [0.15, 0.2) is 0 Å². The largest absolute Gasteiger partial charge is 0.312 e. The van der Waals surface area contributed by atoms with Gasteiger partial charge in [0.05, 0.1) is 0 Å². The van der Waals surface area contributed by atoms with Crippen LogP contribution in [0.15, 0.2) is 77.5 Å². The van der Waals surface area contributed by atoms with E-state index in [2.05, 4.69) is 82.8 Å². The van der Waals surface area contributed by atoms with Crippen LogP contribution in [0.25, 0.3) is 0 Å². The summed E-state index contributed by atoms with van der Waals surface area (Å²) >= 11 is 1.75. The van der Waals surface area contributed by atoms with Crippen LogP contribution < -0.4 is 5.32 Å². The van der Waals surface area contributed by atoms with Crippen molar-refractivity contribution in [3.63, 3.8) is 0 Å². The number of benzene rings is 2. The van der Waals surface area contributed by atoms with E-state index in [0.717, 1.165) is 13.1 Å². The molecule has 1 heterocycles. The Bertz CT molecular complexity index is 592. The summed E-state index contributed by atoms with van der Waals surface area (Å²) in [6, 6.07) is 23.6. The van der Waals surface area contributed by atoms with E-state index in [1.165, 1.54) is 16.7 Å². The maximum atomic E-state index is 3.59. The molecule has 0 aliphatic rings. The summed E-state index contributed by atoms with van der Waals surface area (Å²) in [7, 11) is 0. The van der Waals surface area contributed by atoms with Gasteiger partial charge in [-0.15, -0.1) is 0 Å². The number of nitrogens with one attached hydrogen (secondary N) is 1. The zero-order valence-corrected chi connectivity index (χ0v) is 12.7. The molecule has 0 amide bonds. The Balaban J connectivity index is 1.73. The van der Waals surface area contributed by atoms with E-state index in [4.69, 9.17) is 0 Å². The van der Waals surface area contributed by atoms with E-state index in [9.17, 15) is 0 Å². The number of rotatable bonds is 6. The van der Waals surface area contributed by atoms with Gasteiger partial charge < -0.3 is 5.32 Å². The lowest BCUT2D eigenvalue weighted by atomic mass is 9.91. The van der Waals surface area contributed by atoms with Crippen LogP contribution >= 0.6 is 11.3 Å². The minimum absolute atomic E-state index is 0.394. The summed E-state index contributed by atoms with van der Waals surface area (Å²) in [6.45, 7) is 1.88. The van der Waals surface area contributed by atoms with Crippen LogP contribution in [0.4, 0.5) is 0 Å². The first-order valence-electron chi connectivity index (χ1n) is 7.25. The molecule has 0 radical (unpaired) electrons. The summed E-state index contributed by atoms with van der Waals surface area (Å²) in [6.07, 6.45) is 0. The zero-order valence-electron chi connectivity index (χ0n) is 11.9. The molecule has 0 unspecified atom stereocenters. The molecule has 0 spiro atoms. The lowest BCUT2D eigenvalue weighted by Gasteiger charge is -2.18. The van der Waals surface area contributed by atoms with Gasteiger partial charge in [0.2, 0.25) is 0 Å². The molecular formula is C19H19NS. The molecule has 3 rings (SSSR count). The molecule has 0 fully saturated rings. The third-order valence-corrected chi connectivity index (χ3v) is 4.39.